The number of hydrogen-bond donors (Lipinski definition) is 1. The predicted molar refractivity (Wildman–Crippen MR) is 120 cm³/mol. The van der Waals surface area contributed by atoms with Gasteiger partial charge in [-0.25, -0.2) is 8.42 Å². The number of nitrogens with zero attached hydrogens (tertiary/aromatic N) is 1. The van der Waals surface area contributed by atoms with Gasteiger partial charge in [-0.1, -0.05) is 48.0 Å². The molecule has 0 unspecified atom stereocenters. The fraction of sp³-hybridized carbons (Fsp3) is 0.208. The van der Waals surface area contributed by atoms with Crippen molar-refractivity contribution in [3.05, 3.63) is 89.0 Å². The Labute approximate surface area is 182 Å². The van der Waals surface area contributed by atoms with Gasteiger partial charge in [0.25, 0.3) is 15.9 Å². The first kappa shape index (κ1) is 20.9. The van der Waals surface area contributed by atoms with E-state index in [2.05, 4.69) is 5.32 Å². The highest BCUT2D eigenvalue weighted by molar-refractivity contribution is 7.92. The number of carbonyl (C=O) groups is 1. The molecule has 4 rings (SSSR count). The van der Waals surface area contributed by atoms with Crippen LogP contribution in [0.1, 0.15) is 27.0 Å². The van der Waals surface area contributed by atoms with E-state index in [9.17, 15) is 13.2 Å². The zero-order valence-corrected chi connectivity index (χ0v) is 18.3. The van der Waals surface area contributed by atoms with Crippen molar-refractivity contribution in [2.45, 2.75) is 24.8 Å². The number of sulfonamides is 1. The Morgan fingerprint density at radius 1 is 1.06 bits per heavy atom. The molecule has 0 fully saturated rings. The molecule has 3 aromatic rings. The smallest absolute Gasteiger partial charge is 0.264 e. The standard InChI is InChI=1S/C24H24N2O4S/c1-17-7-9-18(10-8-17)16-25-24(27)21-15-20(11-12-23(21)30-2)31(28,29)26-14-13-19-5-3-4-6-22(19)26/h3-12,15H,13-14,16H2,1-2H3,(H,25,27). The Hall–Kier alpha value is -3.32. The lowest BCUT2D eigenvalue weighted by Crippen LogP contribution is -2.30. The maximum absolute atomic E-state index is 13.3. The molecule has 0 saturated heterocycles. The highest BCUT2D eigenvalue weighted by Crippen LogP contribution is 2.33. The molecule has 0 aliphatic carbocycles. The van der Waals surface area contributed by atoms with Crippen LogP contribution in [0.15, 0.2) is 71.6 Å². The summed E-state index contributed by atoms with van der Waals surface area (Å²) in [5.41, 5.74) is 3.95. The fourth-order valence-corrected chi connectivity index (χ4v) is 5.22. The number of benzene rings is 3. The molecule has 3 aromatic carbocycles. The third-order valence-corrected chi connectivity index (χ3v) is 7.23. The molecule has 1 heterocycles. The molecule has 160 valence electrons. The van der Waals surface area contributed by atoms with E-state index in [1.807, 2.05) is 49.4 Å². The van der Waals surface area contributed by atoms with Crippen molar-refractivity contribution in [2.75, 3.05) is 18.0 Å². The van der Waals surface area contributed by atoms with Crippen molar-refractivity contribution < 1.29 is 17.9 Å². The lowest BCUT2D eigenvalue weighted by Gasteiger charge is -2.20. The Kier molecular flexibility index (Phi) is 5.69. The SMILES string of the molecule is COc1ccc(S(=O)(=O)N2CCc3ccccc32)cc1C(=O)NCc1ccc(C)cc1. The molecule has 31 heavy (non-hydrogen) atoms. The molecule has 6 nitrogen and oxygen atoms in total. The molecule has 0 saturated carbocycles. The van der Waals surface area contributed by atoms with Gasteiger partial charge in [-0.3, -0.25) is 9.10 Å². The summed E-state index contributed by atoms with van der Waals surface area (Å²) in [7, 11) is -2.35. The quantitative estimate of drug-likeness (QED) is 0.640. The summed E-state index contributed by atoms with van der Waals surface area (Å²) in [5, 5.41) is 2.85. The van der Waals surface area contributed by atoms with Gasteiger partial charge in [0.15, 0.2) is 0 Å². The number of fused-ring (bicyclic) bond motifs is 1. The summed E-state index contributed by atoms with van der Waals surface area (Å²) >= 11 is 0. The van der Waals surface area contributed by atoms with E-state index in [0.29, 0.717) is 30.9 Å². The average Bonchev–Trinajstić information content (AvgIpc) is 3.23. The van der Waals surface area contributed by atoms with Crippen LogP contribution >= 0.6 is 0 Å². The minimum Gasteiger partial charge on any atom is -0.496 e. The number of methoxy groups -OCH3 is 1. The van der Waals surface area contributed by atoms with Crippen molar-refractivity contribution in [2.24, 2.45) is 0 Å². The van der Waals surface area contributed by atoms with E-state index in [-0.39, 0.29) is 10.5 Å². The highest BCUT2D eigenvalue weighted by Gasteiger charge is 2.31. The van der Waals surface area contributed by atoms with E-state index in [1.165, 1.54) is 29.6 Å². The monoisotopic (exact) mass is 436 g/mol. The average molecular weight is 437 g/mol. The molecule has 1 aliphatic rings. The molecular weight excluding hydrogens is 412 g/mol. The van der Waals surface area contributed by atoms with Crippen LogP contribution in [-0.2, 0) is 23.0 Å². The number of amides is 1. The van der Waals surface area contributed by atoms with E-state index < -0.39 is 15.9 Å². The van der Waals surface area contributed by atoms with Gasteiger partial charge in [-0.05, 0) is 48.7 Å². The van der Waals surface area contributed by atoms with E-state index in [1.54, 1.807) is 6.07 Å². The number of para-hydroxylation sites is 1. The second kappa shape index (κ2) is 8.43. The molecule has 0 spiro atoms. The summed E-state index contributed by atoms with van der Waals surface area (Å²) in [6.07, 6.45) is 0.662. The lowest BCUT2D eigenvalue weighted by molar-refractivity contribution is 0.0947. The van der Waals surface area contributed by atoms with Crippen molar-refractivity contribution >= 4 is 21.6 Å². The normalized spacial score (nSPS) is 13.0. The third-order valence-electron chi connectivity index (χ3n) is 5.42. The van der Waals surface area contributed by atoms with E-state index in [4.69, 9.17) is 4.74 Å². The molecule has 7 heteroatoms. The second-order valence-electron chi connectivity index (χ2n) is 7.49. The van der Waals surface area contributed by atoms with Crippen LogP contribution in [0.4, 0.5) is 5.69 Å². The second-order valence-corrected chi connectivity index (χ2v) is 9.35. The van der Waals surface area contributed by atoms with Crippen molar-refractivity contribution in [1.29, 1.82) is 0 Å². The molecule has 0 atom stereocenters. The van der Waals surface area contributed by atoms with Crippen molar-refractivity contribution in [3.8, 4) is 5.75 Å². The van der Waals surface area contributed by atoms with Crippen LogP contribution in [0.2, 0.25) is 0 Å². The van der Waals surface area contributed by atoms with Gasteiger partial charge < -0.3 is 10.1 Å². The molecular formula is C24H24N2O4S. The Morgan fingerprint density at radius 3 is 2.55 bits per heavy atom. The molecule has 0 aromatic heterocycles. The Balaban J connectivity index is 1.61. The van der Waals surface area contributed by atoms with Crippen molar-refractivity contribution in [3.63, 3.8) is 0 Å². The lowest BCUT2D eigenvalue weighted by atomic mass is 10.1. The van der Waals surface area contributed by atoms with E-state index >= 15 is 0 Å². The van der Waals surface area contributed by atoms with Gasteiger partial charge >= 0.3 is 0 Å². The van der Waals surface area contributed by atoms with Gasteiger partial charge in [-0.2, -0.15) is 0 Å². The first-order valence-electron chi connectivity index (χ1n) is 10.0. The molecule has 1 amide bonds. The first-order valence-corrected chi connectivity index (χ1v) is 11.5. The molecule has 0 bridgehead atoms. The van der Waals surface area contributed by atoms with Gasteiger partial charge in [0.2, 0.25) is 0 Å². The first-order chi connectivity index (χ1) is 14.9. The highest BCUT2D eigenvalue weighted by atomic mass is 32.2. The van der Waals surface area contributed by atoms with Crippen LogP contribution in [0.25, 0.3) is 0 Å². The molecule has 1 N–H and O–H groups in total. The topological polar surface area (TPSA) is 75.7 Å². The maximum Gasteiger partial charge on any atom is 0.264 e. The number of aryl methyl sites for hydroxylation is 1. The Morgan fingerprint density at radius 2 is 1.81 bits per heavy atom. The van der Waals surface area contributed by atoms with Crippen LogP contribution < -0.4 is 14.4 Å². The van der Waals surface area contributed by atoms with E-state index in [0.717, 1.165) is 16.7 Å². The summed E-state index contributed by atoms with van der Waals surface area (Å²) in [6.45, 7) is 2.71. The van der Waals surface area contributed by atoms with Crippen molar-refractivity contribution in [1.82, 2.24) is 5.32 Å². The summed E-state index contributed by atoms with van der Waals surface area (Å²) in [4.78, 5) is 12.9. The van der Waals surface area contributed by atoms with Crippen LogP contribution in [-0.4, -0.2) is 28.0 Å². The zero-order chi connectivity index (χ0) is 22.0. The van der Waals surface area contributed by atoms with Gasteiger partial charge in [-0.15, -0.1) is 0 Å². The zero-order valence-electron chi connectivity index (χ0n) is 17.5. The van der Waals surface area contributed by atoms with Gasteiger partial charge in [0.1, 0.15) is 5.75 Å². The number of carbonyl (C=O) groups excluding carboxylic acids is 1. The summed E-state index contributed by atoms with van der Waals surface area (Å²) in [5.74, 6) is -0.0709. The minimum absolute atomic E-state index is 0.0606. The summed E-state index contributed by atoms with van der Waals surface area (Å²) in [6, 6.07) is 19.7. The number of ether oxygens (including phenoxy) is 1. The maximum atomic E-state index is 13.3. The Bertz CT molecular complexity index is 1220. The number of nitrogens with one attached hydrogen (secondary N) is 1. The van der Waals surface area contributed by atoms with Gasteiger partial charge in [0.05, 0.1) is 23.3 Å². The largest absolute Gasteiger partial charge is 0.496 e. The fourth-order valence-electron chi connectivity index (χ4n) is 3.69. The van der Waals surface area contributed by atoms with Crippen LogP contribution in [0.3, 0.4) is 0 Å². The predicted octanol–water partition coefficient (Wildman–Crippen LogP) is 3.69. The third kappa shape index (κ3) is 4.14. The minimum atomic E-state index is -3.81. The van der Waals surface area contributed by atoms with Gasteiger partial charge in [0, 0.05) is 13.1 Å². The molecule has 0 radical (unpaired) electrons. The number of anilines is 1. The van der Waals surface area contributed by atoms with Crippen LogP contribution in [0, 0.1) is 6.92 Å². The van der Waals surface area contributed by atoms with Crippen LogP contribution in [0.5, 0.6) is 5.75 Å². The molecule has 1 aliphatic heterocycles. The summed E-state index contributed by atoms with van der Waals surface area (Å²) < 4.78 is 33.4. The number of rotatable bonds is 6. The number of hydrogen-bond acceptors (Lipinski definition) is 4.